The predicted octanol–water partition coefficient (Wildman–Crippen LogP) is 4.61. The fraction of sp³-hybridized carbons (Fsp3) is 0.583. The highest BCUT2D eigenvalue weighted by Crippen LogP contribution is 2.64. The van der Waals surface area contributed by atoms with Gasteiger partial charge in [-0.15, -0.1) is 0 Å². The largest absolute Gasteiger partial charge is 0.508 e. The fourth-order valence-electron chi connectivity index (χ4n) is 7.01. The number of nitrogens with zero attached hydrogens (tertiary/aromatic N) is 2. The van der Waals surface area contributed by atoms with Crippen molar-refractivity contribution in [2.45, 2.75) is 69.1 Å². The van der Waals surface area contributed by atoms with Crippen molar-refractivity contribution in [1.82, 2.24) is 9.78 Å². The summed E-state index contributed by atoms with van der Waals surface area (Å²) >= 11 is 0. The van der Waals surface area contributed by atoms with Crippen molar-refractivity contribution in [1.29, 1.82) is 0 Å². The van der Waals surface area contributed by atoms with Crippen molar-refractivity contribution in [2.75, 3.05) is 0 Å². The molecule has 1 aromatic carbocycles. The molecule has 4 heteroatoms. The molecule has 1 aromatic heterocycles. The number of rotatable bonds is 4. The second-order valence-corrected chi connectivity index (χ2v) is 9.48. The van der Waals surface area contributed by atoms with Crippen LogP contribution in [0.3, 0.4) is 0 Å². The summed E-state index contributed by atoms with van der Waals surface area (Å²) < 4.78 is 1.99. The highest BCUT2D eigenvalue weighted by Gasteiger charge is 2.58. The predicted molar refractivity (Wildman–Crippen MR) is 109 cm³/mol. The molecular formula is C24H30N2O2. The van der Waals surface area contributed by atoms with Gasteiger partial charge in [0.1, 0.15) is 12.0 Å². The van der Waals surface area contributed by atoms with Crippen LogP contribution in [0.15, 0.2) is 24.4 Å². The molecule has 1 N–H and O–H groups in total. The van der Waals surface area contributed by atoms with E-state index in [4.69, 9.17) is 5.10 Å². The fourth-order valence-corrected chi connectivity index (χ4v) is 7.01. The smallest absolute Gasteiger partial charge is 0.119 e. The number of hydrogen-bond acceptors (Lipinski definition) is 3. The van der Waals surface area contributed by atoms with Gasteiger partial charge in [0, 0.05) is 25.1 Å². The Bertz CT molecular complexity index is 917. The molecule has 0 radical (unpaired) electrons. The third kappa shape index (κ3) is 2.49. The molecule has 1 fully saturated rings. The second-order valence-electron chi connectivity index (χ2n) is 9.48. The van der Waals surface area contributed by atoms with E-state index >= 15 is 0 Å². The van der Waals surface area contributed by atoms with E-state index in [0.717, 1.165) is 25.5 Å². The summed E-state index contributed by atoms with van der Waals surface area (Å²) in [5.41, 5.74) is 5.73. The number of aromatic nitrogens is 2. The lowest BCUT2D eigenvalue weighted by molar-refractivity contribution is -0.108. The molecule has 1 saturated carbocycles. The highest BCUT2D eigenvalue weighted by atomic mass is 16.3. The molecule has 3 aliphatic rings. The first-order valence-electron chi connectivity index (χ1n) is 10.8. The van der Waals surface area contributed by atoms with E-state index in [1.165, 1.54) is 41.6 Å². The molecule has 5 atom stereocenters. The van der Waals surface area contributed by atoms with Gasteiger partial charge >= 0.3 is 0 Å². The number of phenolic OH excluding ortho intramolecular Hbond substituents is 1. The minimum Gasteiger partial charge on any atom is -0.508 e. The average molecular weight is 379 g/mol. The summed E-state index contributed by atoms with van der Waals surface area (Å²) in [6.07, 6.45) is 10.7. The Labute approximate surface area is 167 Å². The molecule has 0 amide bonds. The number of fused-ring (bicyclic) bond motifs is 7. The average Bonchev–Trinajstić information content (AvgIpc) is 3.16. The third-order valence-electron chi connectivity index (χ3n) is 8.03. The molecular weight excluding hydrogens is 348 g/mol. The van der Waals surface area contributed by atoms with Gasteiger partial charge in [0.05, 0.1) is 5.69 Å². The van der Waals surface area contributed by atoms with E-state index in [1.54, 1.807) is 0 Å². The maximum atomic E-state index is 10.9. The zero-order valence-corrected chi connectivity index (χ0v) is 16.9. The summed E-state index contributed by atoms with van der Waals surface area (Å²) in [6.45, 7) is 2.45. The Morgan fingerprint density at radius 1 is 1.32 bits per heavy atom. The Kier molecular flexibility index (Phi) is 4.15. The maximum Gasteiger partial charge on any atom is 0.119 e. The van der Waals surface area contributed by atoms with Gasteiger partial charge in [-0.2, -0.15) is 5.10 Å². The van der Waals surface area contributed by atoms with Gasteiger partial charge in [0.2, 0.25) is 0 Å². The van der Waals surface area contributed by atoms with Crippen LogP contribution in [0, 0.1) is 11.8 Å². The molecule has 28 heavy (non-hydrogen) atoms. The molecule has 0 saturated heterocycles. The van der Waals surface area contributed by atoms with Gasteiger partial charge in [-0.25, -0.2) is 0 Å². The molecule has 2 aromatic rings. The monoisotopic (exact) mass is 378 g/mol. The molecule has 148 valence electrons. The van der Waals surface area contributed by atoms with Crippen LogP contribution in [0.25, 0.3) is 0 Å². The Hall–Kier alpha value is -2.10. The topological polar surface area (TPSA) is 55.1 Å². The van der Waals surface area contributed by atoms with E-state index in [2.05, 4.69) is 19.2 Å². The molecule has 5 rings (SSSR count). The zero-order chi connectivity index (χ0) is 19.5. The Balaban J connectivity index is 1.55. The number of carbonyl (C=O) groups excluding carboxylic acids is 1. The number of hydrogen-bond donors (Lipinski definition) is 1. The Morgan fingerprint density at radius 2 is 2.18 bits per heavy atom. The van der Waals surface area contributed by atoms with E-state index in [0.29, 0.717) is 35.8 Å². The van der Waals surface area contributed by atoms with Crippen molar-refractivity contribution in [3.8, 4) is 5.75 Å². The van der Waals surface area contributed by atoms with Crippen LogP contribution in [0.4, 0.5) is 0 Å². The summed E-state index contributed by atoms with van der Waals surface area (Å²) in [5.74, 6) is 2.77. The highest BCUT2D eigenvalue weighted by molar-refractivity contribution is 5.49. The number of aryl methyl sites for hydroxylation is 2. The van der Waals surface area contributed by atoms with Crippen LogP contribution >= 0.6 is 0 Å². The SMILES string of the molecule is Cn1cc2c(n1)C1(C)CCC3c4ccc(O)cc4CCC3C1C2CCCC=O. The minimum absolute atomic E-state index is 0.151. The summed E-state index contributed by atoms with van der Waals surface area (Å²) in [5, 5.41) is 14.8. The van der Waals surface area contributed by atoms with Gasteiger partial charge in [-0.1, -0.05) is 13.0 Å². The van der Waals surface area contributed by atoms with Crippen molar-refractivity contribution < 1.29 is 9.90 Å². The van der Waals surface area contributed by atoms with Crippen LogP contribution in [-0.4, -0.2) is 21.2 Å². The van der Waals surface area contributed by atoms with E-state index in [1.807, 2.05) is 23.9 Å². The van der Waals surface area contributed by atoms with Crippen molar-refractivity contribution in [3.05, 3.63) is 46.8 Å². The third-order valence-corrected chi connectivity index (χ3v) is 8.03. The number of aromatic hydroxyl groups is 1. The number of carbonyl (C=O) groups is 1. The molecule has 0 spiro atoms. The number of benzene rings is 1. The van der Waals surface area contributed by atoms with Crippen LogP contribution in [0.5, 0.6) is 5.75 Å². The van der Waals surface area contributed by atoms with Crippen molar-refractivity contribution >= 4 is 6.29 Å². The molecule has 3 aliphatic carbocycles. The van der Waals surface area contributed by atoms with Gasteiger partial charge in [-0.3, -0.25) is 4.68 Å². The van der Waals surface area contributed by atoms with Crippen LogP contribution in [-0.2, 0) is 23.7 Å². The van der Waals surface area contributed by atoms with Crippen molar-refractivity contribution in [3.63, 3.8) is 0 Å². The lowest BCUT2D eigenvalue weighted by Gasteiger charge is -2.50. The first-order chi connectivity index (χ1) is 13.5. The summed E-state index contributed by atoms with van der Waals surface area (Å²) in [4.78, 5) is 10.9. The molecule has 1 heterocycles. The number of aldehydes is 1. The zero-order valence-electron chi connectivity index (χ0n) is 16.9. The summed E-state index contributed by atoms with van der Waals surface area (Å²) in [7, 11) is 2.04. The standard InChI is InChI=1S/C24H30N2O2/c1-24-11-10-18-17-9-7-16(28)13-15(17)6-8-20(18)22(24)19(5-3-4-12-27)21-14-26(2)25-23(21)24/h7,9,12-14,18-20,22,28H,3-6,8,10-11H2,1-2H3. The summed E-state index contributed by atoms with van der Waals surface area (Å²) in [6, 6.07) is 6.01. The van der Waals surface area contributed by atoms with Crippen molar-refractivity contribution in [2.24, 2.45) is 18.9 Å². The first kappa shape index (κ1) is 18.0. The van der Waals surface area contributed by atoms with E-state index < -0.39 is 0 Å². The molecule has 4 nitrogen and oxygen atoms in total. The Morgan fingerprint density at radius 3 is 3.00 bits per heavy atom. The van der Waals surface area contributed by atoms with E-state index in [9.17, 15) is 9.90 Å². The minimum atomic E-state index is 0.151. The first-order valence-corrected chi connectivity index (χ1v) is 10.8. The lowest BCUT2D eigenvalue weighted by Crippen LogP contribution is -2.44. The molecule has 0 aliphatic heterocycles. The maximum absolute atomic E-state index is 10.9. The van der Waals surface area contributed by atoms with Crippen LogP contribution < -0.4 is 0 Å². The quantitative estimate of drug-likeness (QED) is 0.624. The lowest BCUT2D eigenvalue weighted by atomic mass is 9.53. The van der Waals surface area contributed by atoms with Crippen LogP contribution in [0.2, 0.25) is 0 Å². The van der Waals surface area contributed by atoms with Gasteiger partial charge in [-0.05, 0) is 91.0 Å². The second kappa shape index (κ2) is 6.47. The molecule has 5 unspecified atom stereocenters. The normalized spacial score (nSPS) is 32.9. The number of phenols is 1. The van der Waals surface area contributed by atoms with Gasteiger partial charge < -0.3 is 9.90 Å². The number of unbranched alkanes of at least 4 members (excludes halogenated alkanes) is 1. The van der Waals surface area contributed by atoms with Crippen LogP contribution in [0.1, 0.15) is 79.7 Å². The van der Waals surface area contributed by atoms with E-state index in [-0.39, 0.29) is 5.41 Å². The van der Waals surface area contributed by atoms with Gasteiger partial charge in [0.25, 0.3) is 0 Å². The molecule has 0 bridgehead atoms. The van der Waals surface area contributed by atoms with Gasteiger partial charge in [0.15, 0.2) is 0 Å².